The molecule has 0 aliphatic carbocycles. The lowest BCUT2D eigenvalue weighted by atomic mass is 9.95. The van der Waals surface area contributed by atoms with Crippen LogP contribution < -0.4 is 0 Å². The summed E-state index contributed by atoms with van der Waals surface area (Å²) in [6, 6.07) is 12.3. The van der Waals surface area contributed by atoms with Crippen LogP contribution in [-0.2, 0) is 6.42 Å². The van der Waals surface area contributed by atoms with E-state index in [2.05, 4.69) is 45.0 Å². The van der Waals surface area contributed by atoms with E-state index < -0.39 is 0 Å². The van der Waals surface area contributed by atoms with Gasteiger partial charge in [0.05, 0.1) is 0 Å². The number of aryl methyl sites for hydroxylation is 3. The summed E-state index contributed by atoms with van der Waals surface area (Å²) in [7, 11) is 0. The van der Waals surface area contributed by atoms with Gasteiger partial charge in [-0.1, -0.05) is 29.8 Å². The molecule has 0 spiro atoms. The van der Waals surface area contributed by atoms with Crippen molar-refractivity contribution in [3.63, 3.8) is 0 Å². The summed E-state index contributed by atoms with van der Waals surface area (Å²) in [5.74, 6) is 0.354. The molecule has 88 valence electrons. The van der Waals surface area contributed by atoms with E-state index in [4.69, 9.17) is 0 Å². The van der Waals surface area contributed by atoms with Crippen LogP contribution in [0.4, 0.5) is 0 Å². The number of rotatable bonds is 2. The van der Waals surface area contributed by atoms with Crippen molar-refractivity contribution in [1.29, 1.82) is 0 Å². The Labute approximate surface area is 103 Å². The molecule has 0 aliphatic heterocycles. The molecule has 1 nitrogen and oxygen atoms in total. The first-order valence-corrected chi connectivity index (χ1v) is 5.91. The summed E-state index contributed by atoms with van der Waals surface area (Å²) in [6.07, 6.45) is 0.929. The Hall–Kier alpha value is -1.76. The predicted molar refractivity (Wildman–Crippen MR) is 71.6 cm³/mol. The van der Waals surface area contributed by atoms with Gasteiger partial charge in [0.2, 0.25) is 0 Å². The van der Waals surface area contributed by atoms with Crippen molar-refractivity contribution in [2.75, 3.05) is 0 Å². The van der Waals surface area contributed by atoms with Crippen molar-refractivity contribution in [3.05, 3.63) is 64.2 Å². The lowest BCUT2D eigenvalue weighted by Gasteiger charge is -2.11. The predicted octanol–water partition coefficient (Wildman–Crippen LogP) is 3.91. The van der Waals surface area contributed by atoms with Crippen LogP contribution in [0.3, 0.4) is 0 Å². The molecule has 0 bridgehead atoms. The third-order valence-corrected chi connectivity index (χ3v) is 3.18. The van der Waals surface area contributed by atoms with Gasteiger partial charge < -0.3 is 5.11 Å². The van der Waals surface area contributed by atoms with Crippen molar-refractivity contribution in [2.24, 2.45) is 0 Å². The Morgan fingerprint density at radius 3 is 1.94 bits per heavy atom. The molecule has 2 rings (SSSR count). The van der Waals surface area contributed by atoms with Crippen LogP contribution in [0.25, 0.3) is 0 Å². The second-order valence-corrected chi connectivity index (χ2v) is 4.72. The lowest BCUT2D eigenvalue weighted by Crippen LogP contribution is -1.95. The molecule has 2 aromatic carbocycles. The molecule has 1 N–H and O–H groups in total. The molecule has 0 amide bonds. The minimum absolute atomic E-state index is 0.354. The van der Waals surface area contributed by atoms with E-state index in [1.807, 2.05) is 12.1 Å². The number of benzene rings is 2. The maximum atomic E-state index is 9.52. The highest BCUT2D eigenvalue weighted by Crippen LogP contribution is 2.23. The van der Waals surface area contributed by atoms with Crippen LogP contribution in [0.15, 0.2) is 36.4 Å². The number of hydrogen-bond donors (Lipinski definition) is 1. The summed E-state index contributed by atoms with van der Waals surface area (Å²) in [5, 5.41) is 9.52. The highest BCUT2D eigenvalue weighted by atomic mass is 16.3. The Kier molecular flexibility index (Phi) is 3.19. The molecular formula is C16H18O. The molecule has 17 heavy (non-hydrogen) atoms. The molecule has 0 radical (unpaired) electrons. The fraction of sp³-hybridized carbons (Fsp3) is 0.250. The maximum Gasteiger partial charge on any atom is 0.116 e. The minimum atomic E-state index is 0.354. The van der Waals surface area contributed by atoms with Gasteiger partial charge in [0, 0.05) is 0 Å². The Balaban J connectivity index is 2.33. The average molecular weight is 226 g/mol. The van der Waals surface area contributed by atoms with Crippen LogP contribution in [0, 0.1) is 20.8 Å². The monoisotopic (exact) mass is 226 g/mol. The number of aromatic hydroxyl groups is 1. The largest absolute Gasteiger partial charge is 0.508 e. The first-order valence-electron chi connectivity index (χ1n) is 5.91. The Morgan fingerprint density at radius 2 is 1.41 bits per heavy atom. The molecule has 2 aromatic rings. The van der Waals surface area contributed by atoms with Gasteiger partial charge in [0.1, 0.15) is 5.75 Å². The van der Waals surface area contributed by atoms with E-state index in [1.165, 1.54) is 16.7 Å². The van der Waals surface area contributed by atoms with Crippen LogP contribution in [0.1, 0.15) is 27.8 Å². The molecule has 0 saturated carbocycles. The minimum Gasteiger partial charge on any atom is -0.508 e. The second kappa shape index (κ2) is 4.62. The van der Waals surface area contributed by atoms with Gasteiger partial charge in [-0.3, -0.25) is 0 Å². The number of phenolic OH excluding ortho intramolecular Hbond substituents is 1. The first kappa shape index (κ1) is 11.7. The van der Waals surface area contributed by atoms with E-state index in [-0.39, 0.29) is 0 Å². The standard InChI is InChI=1S/C16H18O/c1-11-4-6-14(7-5-11)10-16-12(2)8-15(17)9-13(16)3/h4-9,17H,10H2,1-3H3. The van der Waals surface area contributed by atoms with E-state index >= 15 is 0 Å². The summed E-state index contributed by atoms with van der Waals surface area (Å²) in [5.41, 5.74) is 6.22. The molecule has 0 atom stereocenters. The normalized spacial score (nSPS) is 10.5. The zero-order valence-electron chi connectivity index (χ0n) is 10.6. The zero-order chi connectivity index (χ0) is 12.4. The van der Waals surface area contributed by atoms with Gasteiger partial charge in [-0.25, -0.2) is 0 Å². The van der Waals surface area contributed by atoms with Crippen molar-refractivity contribution in [1.82, 2.24) is 0 Å². The van der Waals surface area contributed by atoms with Crippen LogP contribution in [0.2, 0.25) is 0 Å². The third-order valence-electron chi connectivity index (χ3n) is 3.18. The van der Waals surface area contributed by atoms with Crippen molar-refractivity contribution in [3.8, 4) is 5.75 Å². The summed E-state index contributed by atoms with van der Waals surface area (Å²) in [4.78, 5) is 0. The highest BCUT2D eigenvalue weighted by Gasteiger charge is 2.05. The fourth-order valence-corrected chi connectivity index (χ4v) is 2.16. The number of hydrogen-bond acceptors (Lipinski definition) is 1. The van der Waals surface area contributed by atoms with Crippen molar-refractivity contribution in [2.45, 2.75) is 27.2 Å². The average Bonchev–Trinajstić information content (AvgIpc) is 2.26. The SMILES string of the molecule is Cc1ccc(Cc2c(C)cc(O)cc2C)cc1. The van der Waals surface area contributed by atoms with Gasteiger partial charge in [-0.15, -0.1) is 0 Å². The van der Waals surface area contributed by atoms with Crippen LogP contribution >= 0.6 is 0 Å². The lowest BCUT2D eigenvalue weighted by molar-refractivity contribution is 0.474. The fourth-order valence-electron chi connectivity index (χ4n) is 2.16. The van der Waals surface area contributed by atoms with Gasteiger partial charge in [0.25, 0.3) is 0 Å². The van der Waals surface area contributed by atoms with Crippen LogP contribution in [0.5, 0.6) is 5.75 Å². The van der Waals surface area contributed by atoms with Gasteiger partial charge in [-0.2, -0.15) is 0 Å². The zero-order valence-corrected chi connectivity index (χ0v) is 10.6. The number of phenols is 1. The second-order valence-electron chi connectivity index (χ2n) is 4.72. The molecule has 0 aliphatic rings. The van der Waals surface area contributed by atoms with Crippen molar-refractivity contribution < 1.29 is 5.11 Å². The molecule has 0 heterocycles. The maximum absolute atomic E-state index is 9.52. The van der Waals surface area contributed by atoms with E-state index in [0.717, 1.165) is 17.5 Å². The summed E-state index contributed by atoms with van der Waals surface area (Å²) in [6.45, 7) is 6.20. The van der Waals surface area contributed by atoms with Gasteiger partial charge >= 0.3 is 0 Å². The smallest absolute Gasteiger partial charge is 0.116 e. The topological polar surface area (TPSA) is 20.2 Å². The van der Waals surface area contributed by atoms with E-state index in [9.17, 15) is 5.11 Å². The Bertz CT molecular complexity index is 501. The van der Waals surface area contributed by atoms with Gasteiger partial charge in [-0.05, 0) is 61.6 Å². The molecular weight excluding hydrogens is 208 g/mol. The molecule has 0 saturated heterocycles. The molecule has 0 fully saturated rings. The summed E-state index contributed by atoms with van der Waals surface area (Å²) < 4.78 is 0. The van der Waals surface area contributed by atoms with E-state index in [1.54, 1.807) is 0 Å². The van der Waals surface area contributed by atoms with Crippen molar-refractivity contribution >= 4 is 0 Å². The third kappa shape index (κ3) is 2.68. The molecule has 1 heteroatoms. The molecule has 0 unspecified atom stereocenters. The summed E-state index contributed by atoms with van der Waals surface area (Å²) >= 11 is 0. The molecule has 0 aromatic heterocycles. The Morgan fingerprint density at radius 1 is 0.882 bits per heavy atom. The highest BCUT2D eigenvalue weighted by molar-refractivity contribution is 5.43. The first-order chi connectivity index (χ1) is 8.06. The quantitative estimate of drug-likeness (QED) is 0.823. The van der Waals surface area contributed by atoms with E-state index in [0.29, 0.717) is 5.75 Å². The van der Waals surface area contributed by atoms with Gasteiger partial charge in [0.15, 0.2) is 0 Å². The van der Waals surface area contributed by atoms with Crippen LogP contribution in [-0.4, -0.2) is 5.11 Å².